The highest BCUT2D eigenvalue weighted by Crippen LogP contribution is 2.30. The summed E-state index contributed by atoms with van der Waals surface area (Å²) in [5, 5.41) is 0.509. The second-order valence-electron chi connectivity index (χ2n) is 4.89. The minimum absolute atomic E-state index is 0.0310. The number of aromatic nitrogens is 1. The Hall–Kier alpha value is -1.09. The van der Waals surface area contributed by atoms with Crippen LogP contribution in [0, 0.1) is 6.92 Å². The van der Waals surface area contributed by atoms with Gasteiger partial charge in [0.1, 0.15) is 0 Å². The van der Waals surface area contributed by atoms with Gasteiger partial charge in [-0.3, -0.25) is 9.78 Å². The third-order valence-corrected chi connectivity index (χ3v) is 3.53. The van der Waals surface area contributed by atoms with E-state index in [1.807, 2.05) is 11.8 Å². The summed E-state index contributed by atoms with van der Waals surface area (Å²) in [6.07, 6.45) is 5.97. The van der Waals surface area contributed by atoms with E-state index < -0.39 is 0 Å². The molecule has 0 atom stereocenters. The number of rotatable bonds is 5. The van der Waals surface area contributed by atoms with Gasteiger partial charge in [-0.25, -0.2) is 0 Å². The summed E-state index contributed by atoms with van der Waals surface area (Å²) in [6, 6.07) is 2.17. The summed E-state index contributed by atoms with van der Waals surface area (Å²) in [4.78, 5) is 18.6. The summed E-state index contributed by atoms with van der Waals surface area (Å²) >= 11 is 6.14. The van der Waals surface area contributed by atoms with Gasteiger partial charge in [0.05, 0.1) is 10.6 Å². The van der Waals surface area contributed by atoms with Crippen molar-refractivity contribution in [3.8, 4) is 0 Å². The molecule has 3 nitrogen and oxygen atoms in total. The summed E-state index contributed by atoms with van der Waals surface area (Å²) < 4.78 is 0. The molecule has 1 amide bonds. The highest BCUT2D eigenvalue weighted by atomic mass is 35.5. The summed E-state index contributed by atoms with van der Waals surface area (Å²) in [7, 11) is 0. The maximum absolute atomic E-state index is 12.5. The molecule has 0 unspecified atom stereocenters. The summed E-state index contributed by atoms with van der Waals surface area (Å²) in [5.41, 5.74) is 1.37. The second kappa shape index (κ2) is 5.70. The van der Waals surface area contributed by atoms with Crippen LogP contribution in [0.5, 0.6) is 0 Å². The molecule has 1 aliphatic rings. The average Bonchev–Trinajstić information content (AvgIpc) is 3.13. The first-order chi connectivity index (χ1) is 8.63. The predicted molar refractivity (Wildman–Crippen MR) is 73.0 cm³/mol. The molecule has 0 saturated heterocycles. The number of hydrogen-bond donors (Lipinski definition) is 0. The molecule has 1 aliphatic carbocycles. The smallest absolute Gasteiger partial charge is 0.257 e. The third kappa shape index (κ3) is 3.02. The van der Waals surface area contributed by atoms with Crippen LogP contribution in [0.4, 0.5) is 0 Å². The van der Waals surface area contributed by atoms with Crippen molar-refractivity contribution in [1.29, 1.82) is 0 Å². The molecule has 1 aromatic rings. The monoisotopic (exact) mass is 266 g/mol. The Morgan fingerprint density at radius 2 is 2.28 bits per heavy atom. The minimum Gasteiger partial charge on any atom is -0.336 e. The normalized spacial score (nSPS) is 14.6. The van der Waals surface area contributed by atoms with Crippen LogP contribution in [0.15, 0.2) is 12.3 Å². The van der Waals surface area contributed by atoms with E-state index in [0.717, 1.165) is 37.9 Å². The van der Waals surface area contributed by atoms with Crippen LogP contribution >= 0.6 is 11.6 Å². The topological polar surface area (TPSA) is 33.2 Å². The van der Waals surface area contributed by atoms with Crippen molar-refractivity contribution in [3.05, 3.63) is 28.5 Å². The first kappa shape index (κ1) is 13.3. The van der Waals surface area contributed by atoms with E-state index in [2.05, 4.69) is 11.9 Å². The molecular weight excluding hydrogens is 248 g/mol. The van der Waals surface area contributed by atoms with Crippen molar-refractivity contribution < 1.29 is 4.79 Å². The van der Waals surface area contributed by atoms with Gasteiger partial charge in [0.2, 0.25) is 0 Å². The van der Waals surface area contributed by atoms with Gasteiger partial charge in [0.15, 0.2) is 0 Å². The van der Waals surface area contributed by atoms with Crippen molar-refractivity contribution in [1.82, 2.24) is 9.88 Å². The number of halogens is 1. The molecule has 0 radical (unpaired) electrons. The Labute approximate surface area is 113 Å². The molecule has 1 aromatic heterocycles. The lowest BCUT2D eigenvalue weighted by Gasteiger charge is -2.22. The van der Waals surface area contributed by atoms with Crippen LogP contribution in [0.2, 0.25) is 5.02 Å². The molecule has 98 valence electrons. The van der Waals surface area contributed by atoms with Gasteiger partial charge in [-0.15, -0.1) is 0 Å². The van der Waals surface area contributed by atoms with E-state index in [4.69, 9.17) is 11.6 Å². The van der Waals surface area contributed by atoms with Crippen molar-refractivity contribution in [3.63, 3.8) is 0 Å². The Kier molecular flexibility index (Phi) is 4.23. The number of carbonyl (C=O) groups excluding carboxylic acids is 1. The lowest BCUT2D eigenvalue weighted by atomic mass is 10.2. The second-order valence-corrected chi connectivity index (χ2v) is 5.30. The van der Waals surface area contributed by atoms with Crippen molar-refractivity contribution in [2.24, 2.45) is 0 Å². The fourth-order valence-electron chi connectivity index (χ4n) is 2.00. The quantitative estimate of drug-likeness (QED) is 0.818. The summed E-state index contributed by atoms with van der Waals surface area (Å²) in [5.74, 6) is 0.0310. The van der Waals surface area contributed by atoms with Gasteiger partial charge in [-0.1, -0.05) is 24.9 Å². The Bertz CT molecular complexity index is 443. The molecule has 2 rings (SSSR count). The molecule has 1 saturated carbocycles. The number of hydrogen-bond acceptors (Lipinski definition) is 2. The maximum Gasteiger partial charge on any atom is 0.257 e. The standard InChI is InChI=1S/C14H19ClN2O/c1-3-4-7-17(11-5-6-11)14(18)12-9-16-10(2)8-13(12)15/h8-9,11H,3-7H2,1-2H3. The average molecular weight is 267 g/mol. The Balaban J connectivity index is 2.16. The van der Waals surface area contributed by atoms with Crippen LogP contribution in [0.25, 0.3) is 0 Å². The van der Waals surface area contributed by atoms with Gasteiger partial charge in [0.25, 0.3) is 5.91 Å². The minimum atomic E-state index is 0.0310. The number of pyridine rings is 1. The van der Waals surface area contributed by atoms with Gasteiger partial charge >= 0.3 is 0 Å². The van der Waals surface area contributed by atoms with Crippen molar-refractivity contribution in [2.45, 2.75) is 45.6 Å². The number of amides is 1. The lowest BCUT2D eigenvalue weighted by molar-refractivity contribution is 0.0740. The Morgan fingerprint density at radius 3 is 2.83 bits per heavy atom. The van der Waals surface area contributed by atoms with Crippen LogP contribution in [0.1, 0.15) is 48.7 Å². The van der Waals surface area contributed by atoms with Crippen LogP contribution in [-0.2, 0) is 0 Å². The van der Waals surface area contributed by atoms with Crippen LogP contribution in [0.3, 0.4) is 0 Å². The summed E-state index contributed by atoms with van der Waals surface area (Å²) in [6.45, 7) is 4.83. The van der Waals surface area contributed by atoms with E-state index >= 15 is 0 Å². The molecule has 0 aromatic carbocycles. The number of unbranched alkanes of at least 4 members (excludes halogenated alkanes) is 1. The molecule has 4 heteroatoms. The molecule has 1 fully saturated rings. The van der Waals surface area contributed by atoms with Gasteiger partial charge < -0.3 is 4.90 Å². The number of aryl methyl sites for hydroxylation is 1. The third-order valence-electron chi connectivity index (χ3n) is 3.22. The zero-order chi connectivity index (χ0) is 13.1. The first-order valence-corrected chi connectivity index (χ1v) is 6.94. The van der Waals surface area contributed by atoms with Gasteiger partial charge in [-0.2, -0.15) is 0 Å². The molecule has 18 heavy (non-hydrogen) atoms. The zero-order valence-corrected chi connectivity index (χ0v) is 11.7. The van der Waals surface area contributed by atoms with E-state index in [1.54, 1.807) is 12.3 Å². The number of nitrogens with zero attached hydrogens (tertiary/aromatic N) is 2. The molecule has 0 N–H and O–H groups in total. The zero-order valence-electron chi connectivity index (χ0n) is 10.9. The highest BCUT2D eigenvalue weighted by Gasteiger charge is 2.33. The van der Waals surface area contributed by atoms with Crippen LogP contribution in [-0.4, -0.2) is 28.4 Å². The van der Waals surface area contributed by atoms with E-state index in [0.29, 0.717) is 16.6 Å². The van der Waals surface area contributed by atoms with E-state index in [9.17, 15) is 4.79 Å². The fraction of sp³-hybridized carbons (Fsp3) is 0.571. The van der Waals surface area contributed by atoms with Crippen molar-refractivity contribution in [2.75, 3.05) is 6.54 Å². The van der Waals surface area contributed by atoms with Crippen LogP contribution < -0.4 is 0 Å². The fourth-order valence-corrected chi connectivity index (χ4v) is 2.29. The SMILES string of the molecule is CCCCN(C(=O)c1cnc(C)cc1Cl)C1CC1. The van der Waals surface area contributed by atoms with E-state index in [-0.39, 0.29) is 5.91 Å². The first-order valence-electron chi connectivity index (χ1n) is 6.56. The highest BCUT2D eigenvalue weighted by molar-refractivity contribution is 6.33. The van der Waals surface area contributed by atoms with Crippen molar-refractivity contribution >= 4 is 17.5 Å². The van der Waals surface area contributed by atoms with Gasteiger partial charge in [0, 0.05) is 24.5 Å². The van der Waals surface area contributed by atoms with Gasteiger partial charge in [-0.05, 0) is 32.3 Å². The lowest BCUT2D eigenvalue weighted by Crippen LogP contribution is -2.34. The maximum atomic E-state index is 12.5. The molecular formula is C14H19ClN2O. The predicted octanol–water partition coefficient (Wildman–Crippen LogP) is 3.45. The molecule has 0 aliphatic heterocycles. The number of carbonyl (C=O) groups is 1. The largest absolute Gasteiger partial charge is 0.336 e. The molecule has 0 bridgehead atoms. The Morgan fingerprint density at radius 1 is 1.56 bits per heavy atom. The molecule has 0 spiro atoms. The molecule has 1 heterocycles. The van der Waals surface area contributed by atoms with E-state index in [1.165, 1.54) is 0 Å².